The smallest absolute Gasteiger partial charge is 0.153 e. The molecule has 3 N–H and O–H groups in total. The number of hydrogen-bond acceptors (Lipinski definition) is 5. The van der Waals surface area contributed by atoms with Crippen LogP contribution in [0.2, 0.25) is 0 Å². The third kappa shape index (κ3) is 3.44. The van der Waals surface area contributed by atoms with Crippen molar-refractivity contribution in [2.45, 2.75) is 6.54 Å². The molecule has 0 spiro atoms. The van der Waals surface area contributed by atoms with Crippen LogP contribution in [-0.2, 0) is 13.6 Å². The Morgan fingerprint density at radius 3 is 2.61 bits per heavy atom. The largest absolute Gasteiger partial charge is 0.409 e. The van der Waals surface area contributed by atoms with Crippen molar-refractivity contribution in [1.29, 1.82) is 0 Å². The second-order valence-corrected chi connectivity index (χ2v) is 4.62. The van der Waals surface area contributed by atoms with Crippen LogP contribution in [0, 0.1) is 0 Å². The van der Waals surface area contributed by atoms with E-state index in [1.54, 1.807) is 0 Å². The maximum Gasteiger partial charge on any atom is 0.153 e. The minimum atomic E-state index is 0.271. The lowest BCUT2D eigenvalue weighted by atomic mass is 10.3. The fraction of sp³-hybridized carbons (Fsp3) is 0.636. The van der Waals surface area contributed by atoms with Gasteiger partial charge in [-0.1, -0.05) is 5.16 Å². The molecule has 2 heterocycles. The Morgan fingerprint density at radius 1 is 1.39 bits per heavy atom. The highest BCUT2D eigenvalue weighted by Crippen LogP contribution is 2.06. The topological polar surface area (TPSA) is 82.9 Å². The highest BCUT2D eigenvalue weighted by molar-refractivity contribution is 5.81. The summed E-state index contributed by atoms with van der Waals surface area (Å²) in [6.07, 6.45) is 1.96. The molecule has 2 rings (SSSR count). The number of amidine groups is 1. The molecule has 7 nitrogen and oxygen atoms in total. The number of oxime groups is 1. The Bertz CT molecular complexity index is 407. The highest BCUT2D eigenvalue weighted by Gasteiger charge is 2.18. The molecule has 0 aromatic carbocycles. The molecule has 1 aliphatic rings. The van der Waals surface area contributed by atoms with Gasteiger partial charge in [-0.15, -0.1) is 0 Å². The average Bonchev–Trinajstić information content (AvgIpc) is 2.77. The maximum absolute atomic E-state index is 8.53. The van der Waals surface area contributed by atoms with Crippen LogP contribution in [0.3, 0.4) is 0 Å². The Hall–Kier alpha value is -1.60. The lowest BCUT2D eigenvalue weighted by Gasteiger charge is -2.33. The molecule has 0 radical (unpaired) electrons. The van der Waals surface area contributed by atoms with Crippen LogP contribution >= 0.6 is 0 Å². The van der Waals surface area contributed by atoms with Crippen molar-refractivity contribution in [2.75, 3.05) is 32.7 Å². The van der Waals surface area contributed by atoms with E-state index in [2.05, 4.69) is 20.1 Å². The molecule has 1 aromatic rings. The van der Waals surface area contributed by atoms with Gasteiger partial charge in [0.05, 0.1) is 12.2 Å². The molecule has 1 saturated heterocycles. The number of nitrogens with zero attached hydrogens (tertiary/aromatic N) is 5. The monoisotopic (exact) mass is 252 g/mol. The average molecular weight is 252 g/mol. The zero-order chi connectivity index (χ0) is 13.0. The van der Waals surface area contributed by atoms with Crippen molar-refractivity contribution in [3.63, 3.8) is 0 Å². The Morgan fingerprint density at radius 2 is 2.06 bits per heavy atom. The number of hydrogen-bond donors (Lipinski definition) is 2. The number of aryl methyl sites for hydroxylation is 1. The van der Waals surface area contributed by atoms with Crippen LogP contribution in [0.25, 0.3) is 0 Å². The summed E-state index contributed by atoms with van der Waals surface area (Å²) in [5.41, 5.74) is 6.60. The summed E-state index contributed by atoms with van der Waals surface area (Å²) in [5.74, 6) is 0.271. The first-order chi connectivity index (χ1) is 8.67. The van der Waals surface area contributed by atoms with Crippen LogP contribution in [0.5, 0.6) is 0 Å². The summed E-state index contributed by atoms with van der Waals surface area (Å²) in [5, 5.41) is 15.9. The van der Waals surface area contributed by atoms with Gasteiger partial charge in [-0.3, -0.25) is 14.5 Å². The first-order valence-electron chi connectivity index (χ1n) is 6.07. The molecule has 0 aliphatic carbocycles. The van der Waals surface area contributed by atoms with Crippen molar-refractivity contribution in [2.24, 2.45) is 17.9 Å². The molecule has 18 heavy (non-hydrogen) atoms. The SMILES string of the molecule is Cn1ccc(CN2CCN(C/C(N)=N/O)CC2)n1. The molecule has 1 aromatic heterocycles. The number of aromatic nitrogens is 2. The summed E-state index contributed by atoms with van der Waals surface area (Å²) in [6, 6.07) is 2.04. The van der Waals surface area contributed by atoms with Crippen molar-refractivity contribution in [3.05, 3.63) is 18.0 Å². The number of rotatable bonds is 4. The molecule has 0 saturated carbocycles. The van der Waals surface area contributed by atoms with E-state index in [4.69, 9.17) is 10.9 Å². The first-order valence-corrected chi connectivity index (χ1v) is 6.07. The summed E-state index contributed by atoms with van der Waals surface area (Å²) in [6.45, 7) is 5.25. The molecule has 0 bridgehead atoms. The van der Waals surface area contributed by atoms with Gasteiger partial charge in [0.2, 0.25) is 0 Å². The van der Waals surface area contributed by atoms with Crippen LogP contribution in [0.15, 0.2) is 17.4 Å². The van der Waals surface area contributed by atoms with E-state index in [1.807, 2.05) is 24.0 Å². The van der Waals surface area contributed by atoms with Gasteiger partial charge >= 0.3 is 0 Å². The van der Waals surface area contributed by atoms with Gasteiger partial charge in [0.15, 0.2) is 5.84 Å². The standard InChI is InChI=1S/C11H20N6O/c1-15-3-2-10(13-15)8-16-4-6-17(7-5-16)9-11(12)14-18/h2-3,18H,4-9H2,1H3,(H2,12,14). The Balaban J connectivity index is 1.76. The van der Waals surface area contributed by atoms with Crippen molar-refractivity contribution < 1.29 is 5.21 Å². The van der Waals surface area contributed by atoms with Crippen LogP contribution < -0.4 is 5.73 Å². The van der Waals surface area contributed by atoms with E-state index in [0.29, 0.717) is 6.54 Å². The molecule has 1 aliphatic heterocycles. The quantitative estimate of drug-likeness (QED) is 0.320. The first kappa shape index (κ1) is 12.8. The van der Waals surface area contributed by atoms with Gasteiger partial charge < -0.3 is 10.9 Å². The number of piperazine rings is 1. The lowest BCUT2D eigenvalue weighted by molar-refractivity contribution is 0.137. The molecule has 0 atom stereocenters. The maximum atomic E-state index is 8.53. The van der Waals surface area contributed by atoms with Gasteiger partial charge in [0, 0.05) is 46.0 Å². The minimum Gasteiger partial charge on any atom is -0.409 e. The van der Waals surface area contributed by atoms with Crippen LogP contribution in [0.4, 0.5) is 0 Å². The third-order valence-electron chi connectivity index (χ3n) is 3.13. The summed E-state index contributed by atoms with van der Waals surface area (Å²) >= 11 is 0. The van der Waals surface area contributed by atoms with E-state index in [-0.39, 0.29) is 5.84 Å². The molecule has 0 amide bonds. The highest BCUT2D eigenvalue weighted by atomic mass is 16.4. The second kappa shape index (κ2) is 5.83. The molecular formula is C11H20N6O. The molecule has 100 valence electrons. The van der Waals surface area contributed by atoms with Gasteiger partial charge in [-0.25, -0.2) is 0 Å². The molecule has 0 unspecified atom stereocenters. The summed E-state index contributed by atoms with van der Waals surface area (Å²) < 4.78 is 1.82. The number of nitrogens with two attached hydrogens (primary N) is 1. The van der Waals surface area contributed by atoms with Gasteiger partial charge in [-0.2, -0.15) is 5.10 Å². The minimum absolute atomic E-state index is 0.271. The predicted octanol–water partition coefficient (Wildman–Crippen LogP) is -0.716. The Kier molecular flexibility index (Phi) is 4.16. The summed E-state index contributed by atoms with van der Waals surface area (Å²) in [7, 11) is 1.93. The van der Waals surface area contributed by atoms with E-state index in [0.717, 1.165) is 38.4 Å². The Labute approximate surface area is 106 Å². The van der Waals surface area contributed by atoms with Gasteiger partial charge in [0.25, 0.3) is 0 Å². The van der Waals surface area contributed by atoms with Gasteiger partial charge in [-0.05, 0) is 6.07 Å². The fourth-order valence-corrected chi connectivity index (χ4v) is 2.14. The van der Waals surface area contributed by atoms with Crippen molar-refractivity contribution in [3.8, 4) is 0 Å². The molecule has 7 heteroatoms. The van der Waals surface area contributed by atoms with E-state index >= 15 is 0 Å². The zero-order valence-corrected chi connectivity index (χ0v) is 10.7. The van der Waals surface area contributed by atoms with Crippen molar-refractivity contribution in [1.82, 2.24) is 19.6 Å². The predicted molar refractivity (Wildman–Crippen MR) is 68.3 cm³/mol. The molecule has 1 fully saturated rings. The summed E-state index contributed by atoms with van der Waals surface area (Å²) in [4.78, 5) is 4.55. The van der Waals surface area contributed by atoms with Crippen LogP contribution in [-0.4, -0.2) is 63.3 Å². The van der Waals surface area contributed by atoms with E-state index in [1.165, 1.54) is 0 Å². The van der Waals surface area contributed by atoms with E-state index in [9.17, 15) is 0 Å². The fourth-order valence-electron chi connectivity index (χ4n) is 2.14. The van der Waals surface area contributed by atoms with Crippen LogP contribution in [0.1, 0.15) is 5.69 Å². The van der Waals surface area contributed by atoms with Crippen molar-refractivity contribution >= 4 is 5.84 Å². The molecular weight excluding hydrogens is 232 g/mol. The van der Waals surface area contributed by atoms with E-state index < -0.39 is 0 Å². The second-order valence-electron chi connectivity index (χ2n) is 4.62. The normalized spacial score (nSPS) is 19.3. The zero-order valence-electron chi connectivity index (χ0n) is 10.7. The third-order valence-corrected chi connectivity index (χ3v) is 3.13. The van der Waals surface area contributed by atoms with Gasteiger partial charge in [0.1, 0.15) is 0 Å². The lowest BCUT2D eigenvalue weighted by Crippen LogP contribution is -2.48.